The number of sulfone groups is 1. The Morgan fingerprint density at radius 3 is 2.53 bits per heavy atom. The first-order valence-electron chi connectivity index (χ1n) is 6.22. The molecule has 0 unspecified atom stereocenters. The van der Waals surface area contributed by atoms with Crippen molar-refractivity contribution < 1.29 is 21.6 Å². The molecule has 0 radical (unpaired) electrons. The number of carbonyl (C=O) groups is 1. The van der Waals surface area contributed by atoms with E-state index in [4.69, 9.17) is 0 Å². The van der Waals surface area contributed by atoms with Crippen LogP contribution in [0.5, 0.6) is 0 Å². The first kappa shape index (κ1) is 16.4. The standard InChI is InChI=1S/C10H20N2O5S2/c1-2-10(13)11-5-3-6-12-19(16,17)9-4-7-18(14,15)8-9/h9,12H,2-8H2,1H3,(H,11,13)/t9-/m0/s1. The third-order valence-electron chi connectivity index (χ3n) is 2.93. The molecule has 0 bridgehead atoms. The molecule has 0 aliphatic carbocycles. The predicted molar refractivity (Wildman–Crippen MR) is 71.9 cm³/mol. The van der Waals surface area contributed by atoms with Crippen molar-refractivity contribution in [2.45, 2.75) is 31.4 Å². The lowest BCUT2D eigenvalue weighted by molar-refractivity contribution is -0.120. The normalized spacial score (nSPS) is 22.3. The van der Waals surface area contributed by atoms with E-state index in [2.05, 4.69) is 10.0 Å². The van der Waals surface area contributed by atoms with Gasteiger partial charge in [-0.2, -0.15) is 0 Å². The molecule has 19 heavy (non-hydrogen) atoms. The summed E-state index contributed by atoms with van der Waals surface area (Å²) in [5.41, 5.74) is 0. The SMILES string of the molecule is CCC(=O)NCCCNS(=O)(=O)[C@H]1CCS(=O)(=O)C1. The second-order valence-corrected chi connectivity index (χ2v) is 8.80. The topological polar surface area (TPSA) is 109 Å². The van der Waals surface area contributed by atoms with E-state index >= 15 is 0 Å². The van der Waals surface area contributed by atoms with E-state index in [-0.39, 0.29) is 30.4 Å². The molecule has 0 aromatic heterocycles. The van der Waals surface area contributed by atoms with Crippen molar-refractivity contribution in [2.75, 3.05) is 24.6 Å². The summed E-state index contributed by atoms with van der Waals surface area (Å²) >= 11 is 0. The maximum absolute atomic E-state index is 11.8. The quantitative estimate of drug-likeness (QED) is 0.587. The molecule has 0 spiro atoms. The van der Waals surface area contributed by atoms with Gasteiger partial charge in [0.2, 0.25) is 15.9 Å². The Labute approximate surface area is 114 Å². The summed E-state index contributed by atoms with van der Waals surface area (Å²) in [6, 6.07) is 0. The van der Waals surface area contributed by atoms with Crippen LogP contribution in [0.1, 0.15) is 26.2 Å². The Bertz CT molecular complexity index is 512. The zero-order valence-electron chi connectivity index (χ0n) is 10.9. The van der Waals surface area contributed by atoms with Crippen molar-refractivity contribution in [1.29, 1.82) is 0 Å². The summed E-state index contributed by atoms with van der Waals surface area (Å²) in [5, 5.41) is 1.79. The minimum atomic E-state index is -3.58. The minimum absolute atomic E-state index is 0.0644. The minimum Gasteiger partial charge on any atom is -0.356 e. The van der Waals surface area contributed by atoms with Crippen LogP contribution in [-0.4, -0.2) is 52.6 Å². The zero-order valence-corrected chi connectivity index (χ0v) is 12.5. The number of nitrogens with one attached hydrogen (secondary N) is 2. The molecule has 1 saturated heterocycles. The Balaban J connectivity index is 2.30. The van der Waals surface area contributed by atoms with E-state index in [1.807, 2.05) is 0 Å². The Morgan fingerprint density at radius 1 is 1.32 bits per heavy atom. The van der Waals surface area contributed by atoms with Crippen LogP contribution in [0.4, 0.5) is 0 Å². The summed E-state index contributed by atoms with van der Waals surface area (Å²) in [5.74, 6) is -0.440. The number of hydrogen-bond donors (Lipinski definition) is 2. The van der Waals surface area contributed by atoms with Crippen LogP contribution in [0.25, 0.3) is 0 Å². The lowest BCUT2D eigenvalue weighted by Crippen LogP contribution is -2.36. The van der Waals surface area contributed by atoms with Crippen LogP contribution in [-0.2, 0) is 24.7 Å². The number of amides is 1. The fraction of sp³-hybridized carbons (Fsp3) is 0.900. The van der Waals surface area contributed by atoms with Gasteiger partial charge in [0.25, 0.3) is 0 Å². The van der Waals surface area contributed by atoms with Gasteiger partial charge in [-0.3, -0.25) is 4.79 Å². The fourth-order valence-corrected chi connectivity index (χ4v) is 5.90. The van der Waals surface area contributed by atoms with E-state index in [1.54, 1.807) is 6.92 Å². The molecule has 0 aromatic rings. The second-order valence-electron chi connectivity index (χ2n) is 4.52. The van der Waals surface area contributed by atoms with Gasteiger partial charge in [-0.05, 0) is 12.8 Å². The highest BCUT2D eigenvalue weighted by atomic mass is 32.2. The van der Waals surface area contributed by atoms with Gasteiger partial charge in [0.05, 0.1) is 16.8 Å². The monoisotopic (exact) mass is 312 g/mol. The number of sulfonamides is 1. The van der Waals surface area contributed by atoms with Crippen LogP contribution in [0.3, 0.4) is 0 Å². The van der Waals surface area contributed by atoms with E-state index in [9.17, 15) is 21.6 Å². The van der Waals surface area contributed by atoms with Crippen molar-refractivity contribution in [3.05, 3.63) is 0 Å². The van der Waals surface area contributed by atoms with Crippen molar-refractivity contribution in [2.24, 2.45) is 0 Å². The predicted octanol–water partition coefficient (Wildman–Crippen LogP) is -0.991. The first-order chi connectivity index (χ1) is 8.77. The van der Waals surface area contributed by atoms with Gasteiger partial charge in [0.1, 0.15) is 0 Å². The summed E-state index contributed by atoms with van der Waals surface area (Å²) in [6.45, 7) is 2.33. The maximum Gasteiger partial charge on any atom is 0.219 e. The van der Waals surface area contributed by atoms with Gasteiger partial charge in [-0.1, -0.05) is 6.92 Å². The summed E-state index contributed by atoms with van der Waals surface area (Å²) in [6.07, 6.45) is 1.03. The van der Waals surface area contributed by atoms with E-state index in [0.29, 0.717) is 19.4 Å². The smallest absolute Gasteiger partial charge is 0.219 e. The highest BCUT2D eigenvalue weighted by Crippen LogP contribution is 2.17. The van der Waals surface area contributed by atoms with Crippen LogP contribution >= 0.6 is 0 Å². The Morgan fingerprint density at radius 2 is 2.00 bits per heavy atom. The van der Waals surface area contributed by atoms with Crippen LogP contribution in [0.15, 0.2) is 0 Å². The molecule has 1 fully saturated rings. The summed E-state index contributed by atoms with van der Waals surface area (Å²) in [7, 11) is -6.78. The number of rotatable bonds is 7. The second kappa shape index (κ2) is 6.67. The molecule has 0 saturated carbocycles. The van der Waals surface area contributed by atoms with Gasteiger partial charge in [0.15, 0.2) is 9.84 Å². The highest BCUT2D eigenvalue weighted by molar-refractivity contribution is 7.95. The average Bonchev–Trinajstić information content (AvgIpc) is 2.69. The molecular weight excluding hydrogens is 292 g/mol. The molecule has 1 rings (SSSR count). The van der Waals surface area contributed by atoms with Gasteiger partial charge in [-0.15, -0.1) is 0 Å². The lowest BCUT2D eigenvalue weighted by Gasteiger charge is -2.11. The number of carbonyl (C=O) groups excluding carboxylic acids is 1. The van der Waals surface area contributed by atoms with Gasteiger partial charge < -0.3 is 5.32 Å². The molecule has 2 N–H and O–H groups in total. The van der Waals surface area contributed by atoms with Gasteiger partial charge in [-0.25, -0.2) is 21.6 Å². The molecule has 1 heterocycles. The summed E-state index contributed by atoms with van der Waals surface area (Å²) in [4.78, 5) is 10.9. The van der Waals surface area contributed by atoms with Crippen molar-refractivity contribution >= 4 is 25.8 Å². The van der Waals surface area contributed by atoms with Crippen LogP contribution in [0, 0.1) is 0 Å². The Kier molecular flexibility index (Phi) is 5.75. The average molecular weight is 312 g/mol. The molecule has 1 amide bonds. The van der Waals surface area contributed by atoms with Crippen molar-refractivity contribution in [3.63, 3.8) is 0 Å². The highest BCUT2D eigenvalue weighted by Gasteiger charge is 2.36. The van der Waals surface area contributed by atoms with E-state index in [1.165, 1.54) is 0 Å². The molecule has 1 atom stereocenters. The van der Waals surface area contributed by atoms with Gasteiger partial charge >= 0.3 is 0 Å². The largest absolute Gasteiger partial charge is 0.356 e. The lowest BCUT2D eigenvalue weighted by atomic mass is 10.4. The van der Waals surface area contributed by atoms with Crippen LogP contribution in [0.2, 0.25) is 0 Å². The van der Waals surface area contributed by atoms with Gasteiger partial charge in [0, 0.05) is 19.5 Å². The number of hydrogen-bond acceptors (Lipinski definition) is 5. The molecular formula is C10H20N2O5S2. The maximum atomic E-state index is 11.8. The van der Waals surface area contributed by atoms with Crippen LogP contribution < -0.4 is 10.0 Å². The summed E-state index contributed by atoms with van der Waals surface area (Å²) < 4.78 is 48.5. The fourth-order valence-electron chi connectivity index (χ4n) is 1.78. The van der Waals surface area contributed by atoms with E-state index < -0.39 is 25.1 Å². The molecule has 112 valence electrons. The Hall–Kier alpha value is -0.670. The zero-order chi connectivity index (χ0) is 14.5. The molecule has 9 heteroatoms. The molecule has 1 aliphatic rings. The third kappa shape index (κ3) is 5.45. The molecule has 0 aromatic carbocycles. The first-order valence-corrected chi connectivity index (χ1v) is 9.59. The molecule has 1 aliphatic heterocycles. The van der Waals surface area contributed by atoms with Crippen molar-refractivity contribution in [1.82, 2.24) is 10.0 Å². The van der Waals surface area contributed by atoms with Crippen molar-refractivity contribution in [3.8, 4) is 0 Å². The third-order valence-corrected chi connectivity index (χ3v) is 6.80. The molecule has 7 nitrogen and oxygen atoms in total. The van der Waals surface area contributed by atoms with E-state index in [0.717, 1.165) is 0 Å².